The van der Waals surface area contributed by atoms with Crippen LogP contribution in [0.3, 0.4) is 0 Å². The molecule has 1 aromatic heterocycles. The molecule has 1 atom stereocenters. The zero-order chi connectivity index (χ0) is 17.3. The zero-order valence-electron chi connectivity index (χ0n) is 14.4. The van der Waals surface area contributed by atoms with E-state index in [1.807, 2.05) is 30.3 Å². The Morgan fingerprint density at radius 1 is 1.24 bits per heavy atom. The van der Waals surface area contributed by atoms with Crippen molar-refractivity contribution >= 4 is 11.8 Å². The van der Waals surface area contributed by atoms with Gasteiger partial charge in [-0.1, -0.05) is 49.2 Å². The van der Waals surface area contributed by atoms with E-state index in [1.54, 1.807) is 0 Å². The lowest BCUT2D eigenvalue weighted by Gasteiger charge is -2.24. The molecule has 136 valence electrons. The van der Waals surface area contributed by atoms with Gasteiger partial charge < -0.3 is 15.2 Å². The average Bonchev–Trinajstić information content (AvgIpc) is 3.13. The number of hydrogen-bond acceptors (Lipinski definition) is 6. The fourth-order valence-corrected chi connectivity index (χ4v) is 3.66. The van der Waals surface area contributed by atoms with Crippen molar-refractivity contribution in [2.24, 2.45) is 0 Å². The van der Waals surface area contributed by atoms with Crippen LogP contribution < -0.4 is 10.1 Å². The highest BCUT2D eigenvalue weighted by Crippen LogP contribution is 2.18. The highest BCUT2D eigenvalue weighted by atomic mass is 32.2. The minimum absolute atomic E-state index is 0.351. The highest BCUT2D eigenvalue weighted by Gasteiger charge is 2.15. The van der Waals surface area contributed by atoms with E-state index < -0.39 is 6.10 Å². The first kappa shape index (κ1) is 18.2. The maximum Gasteiger partial charge on any atom is 0.208 e. The molecule has 6 nitrogen and oxygen atoms in total. The second-order valence-corrected chi connectivity index (χ2v) is 7.36. The predicted octanol–water partition coefficient (Wildman–Crippen LogP) is 2.76. The maximum absolute atomic E-state index is 10.1. The lowest BCUT2D eigenvalue weighted by Crippen LogP contribution is -2.37. The summed E-state index contributed by atoms with van der Waals surface area (Å²) in [4.78, 5) is 4.39. The summed E-state index contributed by atoms with van der Waals surface area (Å²) in [6, 6.07) is 10.2. The number of benzene rings is 1. The number of nitrogens with one attached hydrogen (secondary N) is 2. The van der Waals surface area contributed by atoms with E-state index in [4.69, 9.17) is 4.74 Å². The van der Waals surface area contributed by atoms with Crippen LogP contribution in [0.1, 0.15) is 37.9 Å². The number of aliphatic hydroxyl groups is 1. The average molecular weight is 362 g/mol. The fraction of sp³-hybridized carbons (Fsp3) is 0.556. The standard InChI is InChI=1S/C18H26N4O2S/c23-15(11-19-14-7-3-1-4-8-14)13-25-18-20-17(21-22-18)12-24-16-9-5-2-6-10-16/h2,5-6,9-10,14-15,19,23H,1,3-4,7-8,11-13H2,(H,20,21,22). The van der Waals surface area contributed by atoms with E-state index in [0.717, 1.165) is 5.75 Å². The van der Waals surface area contributed by atoms with Crippen LogP contribution >= 0.6 is 11.8 Å². The number of ether oxygens (including phenoxy) is 1. The van der Waals surface area contributed by atoms with Gasteiger partial charge in [-0.05, 0) is 25.0 Å². The number of thioether (sulfide) groups is 1. The largest absolute Gasteiger partial charge is 0.486 e. The number of aromatic nitrogens is 3. The summed E-state index contributed by atoms with van der Waals surface area (Å²) < 4.78 is 5.63. The lowest BCUT2D eigenvalue weighted by atomic mass is 9.95. The lowest BCUT2D eigenvalue weighted by molar-refractivity contribution is 0.185. The summed E-state index contributed by atoms with van der Waals surface area (Å²) in [5.74, 6) is 2.06. The number of rotatable bonds is 9. The fourth-order valence-electron chi connectivity index (χ4n) is 2.91. The van der Waals surface area contributed by atoms with Crippen molar-refractivity contribution in [1.82, 2.24) is 20.5 Å². The van der Waals surface area contributed by atoms with Gasteiger partial charge in [-0.2, -0.15) is 0 Å². The predicted molar refractivity (Wildman–Crippen MR) is 98.8 cm³/mol. The van der Waals surface area contributed by atoms with E-state index in [0.29, 0.717) is 35.9 Å². The highest BCUT2D eigenvalue weighted by molar-refractivity contribution is 7.99. The van der Waals surface area contributed by atoms with Crippen molar-refractivity contribution in [2.75, 3.05) is 12.3 Å². The topological polar surface area (TPSA) is 83.1 Å². The summed E-state index contributed by atoms with van der Waals surface area (Å²) in [7, 11) is 0. The monoisotopic (exact) mass is 362 g/mol. The van der Waals surface area contributed by atoms with Gasteiger partial charge in [0, 0.05) is 18.3 Å². The molecule has 25 heavy (non-hydrogen) atoms. The third-order valence-corrected chi connectivity index (χ3v) is 5.27. The van der Waals surface area contributed by atoms with Crippen molar-refractivity contribution < 1.29 is 9.84 Å². The van der Waals surface area contributed by atoms with Crippen LogP contribution in [0.4, 0.5) is 0 Å². The molecule has 0 aliphatic heterocycles. The maximum atomic E-state index is 10.1. The molecule has 1 aromatic carbocycles. The third-order valence-electron chi connectivity index (χ3n) is 4.28. The van der Waals surface area contributed by atoms with Crippen LogP contribution in [-0.4, -0.2) is 44.7 Å². The minimum atomic E-state index is -0.394. The summed E-state index contributed by atoms with van der Waals surface area (Å²) in [6.07, 6.45) is 6.00. The molecule has 3 N–H and O–H groups in total. The Labute approximate surface area is 152 Å². The smallest absolute Gasteiger partial charge is 0.208 e. The second-order valence-electron chi connectivity index (χ2n) is 6.37. The van der Waals surface area contributed by atoms with E-state index >= 15 is 0 Å². The van der Waals surface area contributed by atoms with E-state index in [2.05, 4.69) is 20.5 Å². The first-order chi connectivity index (χ1) is 12.3. The van der Waals surface area contributed by atoms with Crippen molar-refractivity contribution in [3.05, 3.63) is 36.2 Å². The van der Waals surface area contributed by atoms with E-state index in [1.165, 1.54) is 43.9 Å². The Kier molecular flexibility index (Phi) is 7.14. The minimum Gasteiger partial charge on any atom is -0.486 e. The molecule has 0 amide bonds. The Balaban J connectivity index is 1.34. The Morgan fingerprint density at radius 2 is 2.04 bits per heavy atom. The zero-order valence-corrected chi connectivity index (χ0v) is 15.2. The molecule has 0 saturated heterocycles. The van der Waals surface area contributed by atoms with Gasteiger partial charge in [-0.3, -0.25) is 5.10 Å². The number of para-hydroxylation sites is 1. The van der Waals surface area contributed by atoms with Gasteiger partial charge in [0.15, 0.2) is 5.82 Å². The SMILES string of the molecule is OC(CNC1CCCCC1)CSc1n[nH]c(COc2ccccc2)n1. The van der Waals surface area contributed by atoms with E-state index in [9.17, 15) is 5.11 Å². The first-order valence-electron chi connectivity index (χ1n) is 8.93. The van der Waals surface area contributed by atoms with Crippen LogP contribution in [0.5, 0.6) is 5.75 Å². The van der Waals surface area contributed by atoms with Crippen LogP contribution in [0, 0.1) is 0 Å². The van der Waals surface area contributed by atoms with Gasteiger partial charge in [-0.15, -0.1) is 5.10 Å². The summed E-state index contributed by atoms with van der Waals surface area (Å²) >= 11 is 1.46. The molecule has 7 heteroatoms. The molecule has 1 heterocycles. The number of nitrogens with zero attached hydrogens (tertiary/aromatic N) is 2. The molecule has 1 fully saturated rings. The second kappa shape index (κ2) is 9.79. The van der Waals surface area contributed by atoms with Gasteiger partial charge in [0.2, 0.25) is 5.16 Å². The van der Waals surface area contributed by atoms with Crippen LogP contribution in [-0.2, 0) is 6.61 Å². The van der Waals surface area contributed by atoms with Crippen LogP contribution in [0.25, 0.3) is 0 Å². The van der Waals surface area contributed by atoms with Crippen molar-refractivity contribution in [3.8, 4) is 5.75 Å². The summed E-state index contributed by atoms with van der Waals surface area (Å²) in [5.41, 5.74) is 0. The van der Waals surface area contributed by atoms with Gasteiger partial charge >= 0.3 is 0 Å². The normalized spacial score (nSPS) is 16.7. The van der Waals surface area contributed by atoms with Gasteiger partial charge in [0.25, 0.3) is 0 Å². The van der Waals surface area contributed by atoms with Crippen molar-refractivity contribution in [1.29, 1.82) is 0 Å². The Hall–Kier alpha value is -1.57. The Bertz CT molecular complexity index is 617. The molecule has 0 radical (unpaired) electrons. The number of aliphatic hydroxyl groups excluding tert-OH is 1. The third kappa shape index (κ3) is 6.34. The summed E-state index contributed by atoms with van der Waals surface area (Å²) in [6.45, 7) is 0.982. The van der Waals surface area contributed by atoms with Gasteiger partial charge in [0.05, 0.1) is 6.10 Å². The number of aromatic amines is 1. The molecule has 3 rings (SSSR count). The first-order valence-corrected chi connectivity index (χ1v) is 9.91. The van der Waals surface area contributed by atoms with Gasteiger partial charge in [-0.25, -0.2) is 4.98 Å². The van der Waals surface area contributed by atoms with Gasteiger partial charge in [0.1, 0.15) is 12.4 Å². The molecule has 2 aromatic rings. The number of H-pyrrole nitrogens is 1. The van der Waals surface area contributed by atoms with Crippen LogP contribution in [0.15, 0.2) is 35.5 Å². The van der Waals surface area contributed by atoms with Crippen molar-refractivity contribution in [3.63, 3.8) is 0 Å². The molecule has 1 unspecified atom stereocenters. The molecular weight excluding hydrogens is 336 g/mol. The number of hydrogen-bond donors (Lipinski definition) is 3. The molecular formula is C18H26N4O2S. The molecule has 1 saturated carbocycles. The quantitative estimate of drug-likeness (QED) is 0.595. The molecule has 1 aliphatic rings. The molecule has 0 spiro atoms. The molecule has 0 bridgehead atoms. The van der Waals surface area contributed by atoms with Crippen LogP contribution in [0.2, 0.25) is 0 Å². The Morgan fingerprint density at radius 3 is 2.84 bits per heavy atom. The molecule has 1 aliphatic carbocycles. The van der Waals surface area contributed by atoms with E-state index in [-0.39, 0.29) is 0 Å². The van der Waals surface area contributed by atoms with Crippen molar-refractivity contribution in [2.45, 2.75) is 56.0 Å². The summed E-state index contributed by atoms with van der Waals surface area (Å²) in [5, 5.41) is 21.3.